The Balaban J connectivity index is 1.79. The first kappa shape index (κ1) is 16.4. The maximum atomic E-state index is 6.02. The first-order valence-electron chi connectivity index (χ1n) is 7.30. The fourth-order valence-electron chi connectivity index (χ4n) is 2.30. The summed E-state index contributed by atoms with van der Waals surface area (Å²) in [7, 11) is 5.81. The number of nitrogens with one attached hydrogen (secondary N) is 1. The number of aliphatic imine (C=N–C) groups is 1. The number of hydrogen-bond acceptors (Lipinski definition) is 2. The summed E-state index contributed by atoms with van der Waals surface area (Å²) in [6, 6.07) is 3.91. The Morgan fingerprint density at radius 2 is 2.32 bits per heavy atom. The lowest BCUT2D eigenvalue weighted by Gasteiger charge is -2.22. The lowest BCUT2D eigenvalue weighted by atomic mass is 10.4. The molecule has 0 radical (unpaired) electrons. The van der Waals surface area contributed by atoms with Crippen molar-refractivity contribution < 1.29 is 0 Å². The van der Waals surface area contributed by atoms with Gasteiger partial charge in [0.2, 0.25) is 0 Å². The molecule has 0 fully saturated rings. The molecule has 0 aliphatic carbocycles. The molecule has 6 nitrogen and oxygen atoms in total. The van der Waals surface area contributed by atoms with E-state index in [-0.39, 0.29) is 0 Å². The predicted molar refractivity (Wildman–Crippen MR) is 90.1 cm³/mol. The number of hydrogen-bond donors (Lipinski definition) is 1. The van der Waals surface area contributed by atoms with Gasteiger partial charge in [-0.15, -0.1) is 0 Å². The van der Waals surface area contributed by atoms with E-state index in [1.165, 1.54) is 0 Å². The second-order valence-electron chi connectivity index (χ2n) is 5.21. The average molecular weight is 323 g/mol. The molecule has 0 aliphatic heterocycles. The topological polar surface area (TPSA) is 50.4 Å². The van der Waals surface area contributed by atoms with E-state index in [4.69, 9.17) is 11.6 Å². The van der Waals surface area contributed by atoms with Gasteiger partial charge in [-0.25, -0.2) is 0 Å². The lowest BCUT2D eigenvalue weighted by molar-refractivity contribution is 0.457. The van der Waals surface area contributed by atoms with E-state index in [1.807, 2.05) is 47.9 Å². The molecule has 0 saturated heterocycles. The highest BCUT2D eigenvalue weighted by atomic mass is 35.5. The van der Waals surface area contributed by atoms with Gasteiger partial charge in [0, 0.05) is 58.5 Å². The molecular weight excluding hydrogens is 300 g/mol. The van der Waals surface area contributed by atoms with E-state index in [0.717, 1.165) is 42.7 Å². The van der Waals surface area contributed by atoms with E-state index in [1.54, 1.807) is 13.2 Å². The molecule has 0 amide bonds. The van der Waals surface area contributed by atoms with Crippen LogP contribution in [0, 0.1) is 0 Å². The largest absolute Gasteiger partial charge is 0.356 e. The van der Waals surface area contributed by atoms with Gasteiger partial charge in [0.05, 0.1) is 11.6 Å². The van der Waals surface area contributed by atoms with Crippen LogP contribution in [0.3, 0.4) is 0 Å². The summed E-state index contributed by atoms with van der Waals surface area (Å²) in [5, 5.41) is 8.32. The molecule has 0 bridgehead atoms. The van der Waals surface area contributed by atoms with Gasteiger partial charge in [-0.2, -0.15) is 5.10 Å². The number of rotatable bonds is 6. The third-order valence-electron chi connectivity index (χ3n) is 3.45. The van der Waals surface area contributed by atoms with Crippen molar-refractivity contribution in [2.45, 2.75) is 19.5 Å². The second-order valence-corrected chi connectivity index (χ2v) is 5.65. The van der Waals surface area contributed by atoms with Crippen molar-refractivity contribution in [3.63, 3.8) is 0 Å². The third kappa shape index (κ3) is 4.53. The Hall–Kier alpha value is -1.95. The fourth-order valence-corrected chi connectivity index (χ4v) is 2.57. The number of nitrogens with zero attached hydrogens (tertiary/aromatic N) is 5. The molecule has 22 heavy (non-hydrogen) atoms. The Bertz CT molecular complexity index is 602. The maximum absolute atomic E-state index is 6.02. The van der Waals surface area contributed by atoms with Crippen LogP contribution >= 0.6 is 11.6 Å². The van der Waals surface area contributed by atoms with Crippen LogP contribution in [0.25, 0.3) is 0 Å². The zero-order chi connectivity index (χ0) is 15.9. The first-order valence-corrected chi connectivity index (χ1v) is 7.68. The Labute approximate surface area is 136 Å². The van der Waals surface area contributed by atoms with E-state index >= 15 is 0 Å². The third-order valence-corrected chi connectivity index (χ3v) is 3.66. The minimum Gasteiger partial charge on any atom is -0.356 e. The van der Waals surface area contributed by atoms with Crippen LogP contribution < -0.4 is 5.32 Å². The standard InChI is InChI=1S/C15H23ClN6/c1-17-15(18-6-4-8-22-9-5-7-19-22)21(3)12-14-10-13(16)11-20(14)2/h5,7,9-11H,4,6,8,12H2,1-3H3,(H,17,18). The summed E-state index contributed by atoms with van der Waals surface area (Å²) in [6.07, 6.45) is 6.67. The van der Waals surface area contributed by atoms with Gasteiger partial charge in [0.25, 0.3) is 0 Å². The average Bonchev–Trinajstić information content (AvgIpc) is 3.09. The Morgan fingerprint density at radius 3 is 2.91 bits per heavy atom. The van der Waals surface area contributed by atoms with E-state index in [9.17, 15) is 0 Å². The molecule has 0 saturated carbocycles. The second kappa shape index (κ2) is 7.89. The van der Waals surface area contributed by atoms with Gasteiger partial charge >= 0.3 is 0 Å². The Kier molecular flexibility index (Phi) is 5.89. The summed E-state index contributed by atoms with van der Waals surface area (Å²) in [5.41, 5.74) is 1.15. The van der Waals surface area contributed by atoms with Gasteiger partial charge in [0.1, 0.15) is 0 Å². The van der Waals surface area contributed by atoms with Gasteiger partial charge in [-0.1, -0.05) is 11.6 Å². The molecule has 1 N–H and O–H groups in total. The van der Waals surface area contributed by atoms with Crippen molar-refractivity contribution in [2.75, 3.05) is 20.6 Å². The van der Waals surface area contributed by atoms with Crippen molar-refractivity contribution in [3.05, 3.63) is 41.4 Å². The highest BCUT2D eigenvalue weighted by Gasteiger charge is 2.09. The first-order chi connectivity index (χ1) is 10.6. The monoisotopic (exact) mass is 322 g/mol. The molecule has 0 aromatic carbocycles. The van der Waals surface area contributed by atoms with Crippen LogP contribution in [0.4, 0.5) is 0 Å². The number of guanidine groups is 1. The SMILES string of the molecule is CN=C(NCCCn1cccn1)N(C)Cc1cc(Cl)cn1C. The molecule has 0 unspecified atom stereocenters. The minimum absolute atomic E-state index is 0.752. The van der Waals surface area contributed by atoms with Crippen LogP contribution in [-0.4, -0.2) is 45.8 Å². The molecule has 2 aromatic heterocycles. The zero-order valence-corrected chi connectivity index (χ0v) is 14.1. The number of aromatic nitrogens is 3. The van der Waals surface area contributed by atoms with Crippen molar-refractivity contribution in [2.24, 2.45) is 12.0 Å². The molecule has 2 aromatic rings. The smallest absolute Gasteiger partial charge is 0.193 e. The van der Waals surface area contributed by atoms with E-state index in [0.29, 0.717) is 0 Å². The molecular formula is C15H23ClN6. The van der Waals surface area contributed by atoms with Gasteiger partial charge < -0.3 is 14.8 Å². The van der Waals surface area contributed by atoms with Crippen molar-refractivity contribution in [1.29, 1.82) is 0 Å². The number of halogens is 1. The fraction of sp³-hybridized carbons (Fsp3) is 0.467. The molecule has 0 aliphatic rings. The predicted octanol–water partition coefficient (Wildman–Crippen LogP) is 1.97. The Morgan fingerprint density at radius 1 is 1.50 bits per heavy atom. The highest BCUT2D eigenvalue weighted by molar-refractivity contribution is 6.30. The zero-order valence-electron chi connectivity index (χ0n) is 13.3. The van der Waals surface area contributed by atoms with Crippen LogP contribution in [0.15, 0.2) is 35.7 Å². The van der Waals surface area contributed by atoms with Crippen LogP contribution in [0.2, 0.25) is 5.02 Å². The summed E-state index contributed by atoms with van der Waals surface area (Å²) in [5.74, 6) is 0.873. The minimum atomic E-state index is 0.752. The van der Waals surface area contributed by atoms with E-state index in [2.05, 4.69) is 20.3 Å². The summed E-state index contributed by atoms with van der Waals surface area (Å²) >= 11 is 6.02. The molecule has 2 rings (SSSR count). The summed E-state index contributed by atoms with van der Waals surface area (Å²) < 4.78 is 3.96. The van der Waals surface area contributed by atoms with Crippen LogP contribution in [-0.2, 0) is 20.1 Å². The summed E-state index contributed by atoms with van der Waals surface area (Å²) in [6.45, 7) is 2.50. The van der Waals surface area contributed by atoms with Crippen LogP contribution in [0.5, 0.6) is 0 Å². The molecule has 7 heteroatoms. The van der Waals surface area contributed by atoms with Gasteiger partial charge in [-0.3, -0.25) is 9.67 Å². The quantitative estimate of drug-likeness (QED) is 0.502. The number of aryl methyl sites for hydroxylation is 2. The molecule has 2 heterocycles. The van der Waals surface area contributed by atoms with Gasteiger partial charge in [0.15, 0.2) is 5.96 Å². The maximum Gasteiger partial charge on any atom is 0.193 e. The van der Waals surface area contributed by atoms with Crippen molar-refractivity contribution in [1.82, 2.24) is 24.6 Å². The van der Waals surface area contributed by atoms with Crippen LogP contribution in [0.1, 0.15) is 12.1 Å². The van der Waals surface area contributed by atoms with Crippen molar-refractivity contribution >= 4 is 17.6 Å². The van der Waals surface area contributed by atoms with E-state index < -0.39 is 0 Å². The summed E-state index contributed by atoms with van der Waals surface area (Å²) in [4.78, 5) is 6.40. The highest BCUT2D eigenvalue weighted by Crippen LogP contribution is 2.14. The lowest BCUT2D eigenvalue weighted by Crippen LogP contribution is -2.39. The normalized spacial score (nSPS) is 11.7. The molecule has 0 spiro atoms. The molecule has 120 valence electrons. The van der Waals surface area contributed by atoms with Gasteiger partial charge in [-0.05, 0) is 18.6 Å². The molecule has 0 atom stereocenters. The van der Waals surface area contributed by atoms with Crippen molar-refractivity contribution in [3.8, 4) is 0 Å².